The Kier molecular flexibility index (Phi) is 3.79. The fourth-order valence-corrected chi connectivity index (χ4v) is 4.45. The first-order valence-corrected chi connectivity index (χ1v) is 8.92. The van der Waals surface area contributed by atoms with Gasteiger partial charge < -0.3 is 4.90 Å². The van der Waals surface area contributed by atoms with E-state index in [2.05, 4.69) is 28.9 Å². The smallest absolute Gasteiger partial charge is 0.255 e. The molecule has 2 atom stereocenters. The molecular formula is C18H25N5O. The van der Waals surface area contributed by atoms with Gasteiger partial charge in [-0.3, -0.25) is 14.1 Å². The van der Waals surface area contributed by atoms with Crippen LogP contribution in [0.1, 0.15) is 49.3 Å². The lowest BCUT2D eigenvalue weighted by molar-refractivity contribution is 0.0728. The molecule has 1 amide bonds. The predicted molar refractivity (Wildman–Crippen MR) is 92.0 cm³/mol. The molecule has 0 unspecified atom stereocenters. The summed E-state index contributed by atoms with van der Waals surface area (Å²) in [7, 11) is 0. The van der Waals surface area contributed by atoms with Crippen molar-refractivity contribution in [3.05, 3.63) is 29.7 Å². The molecule has 2 aromatic heterocycles. The third kappa shape index (κ3) is 2.49. The molecule has 2 aliphatic heterocycles. The molecule has 0 N–H and O–H groups in total. The van der Waals surface area contributed by atoms with E-state index < -0.39 is 0 Å². The predicted octanol–water partition coefficient (Wildman–Crippen LogP) is 2.13. The SMILES string of the molecule is Cc1nnc2ccc(C(=O)N3CC[C@H]4CC[C@@H](C3)N4C(C)C)cn12. The lowest BCUT2D eigenvalue weighted by Crippen LogP contribution is -2.44. The van der Waals surface area contributed by atoms with Crippen LogP contribution in [0.3, 0.4) is 0 Å². The molecule has 6 heteroatoms. The van der Waals surface area contributed by atoms with Crippen LogP contribution in [-0.4, -0.2) is 61.5 Å². The molecule has 0 aliphatic carbocycles. The fraction of sp³-hybridized carbons (Fsp3) is 0.611. The zero-order valence-corrected chi connectivity index (χ0v) is 14.6. The second kappa shape index (κ2) is 5.84. The van der Waals surface area contributed by atoms with Crippen LogP contribution >= 0.6 is 0 Å². The highest BCUT2D eigenvalue weighted by Gasteiger charge is 2.39. The quantitative estimate of drug-likeness (QED) is 0.848. The van der Waals surface area contributed by atoms with Gasteiger partial charge in [-0.15, -0.1) is 10.2 Å². The molecule has 6 nitrogen and oxygen atoms in total. The first-order chi connectivity index (χ1) is 11.5. The summed E-state index contributed by atoms with van der Waals surface area (Å²) in [4.78, 5) is 17.7. The van der Waals surface area contributed by atoms with Gasteiger partial charge >= 0.3 is 0 Å². The zero-order chi connectivity index (χ0) is 16.8. The minimum absolute atomic E-state index is 0.126. The van der Waals surface area contributed by atoms with Gasteiger partial charge in [-0.05, 0) is 52.2 Å². The summed E-state index contributed by atoms with van der Waals surface area (Å²) in [5.41, 5.74) is 1.50. The molecule has 2 fully saturated rings. The number of rotatable bonds is 2. The highest BCUT2D eigenvalue weighted by molar-refractivity contribution is 5.94. The van der Waals surface area contributed by atoms with Crippen molar-refractivity contribution < 1.29 is 4.79 Å². The summed E-state index contributed by atoms with van der Waals surface area (Å²) >= 11 is 0. The lowest BCUT2D eigenvalue weighted by Gasteiger charge is -2.32. The molecule has 2 saturated heterocycles. The van der Waals surface area contributed by atoms with Gasteiger partial charge in [0, 0.05) is 37.4 Å². The molecule has 0 aromatic carbocycles. The van der Waals surface area contributed by atoms with Crippen molar-refractivity contribution in [2.24, 2.45) is 0 Å². The van der Waals surface area contributed by atoms with E-state index in [9.17, 15) is 4.79 Å². The molecule has 0 saturated carbocycles. The number of fused-ring (bicyclic) bond motifs is 3. The second-order valence-corrected chi connectivity index (χ2v) is 7.36. The van der Waals surface area contributed by atoms with Crippen LogP contribution in [0.2, 0.25) is 0 Å². The summed E-state index contributed by atoms with van der Waals surface area (Å²) in [6.07, 6.45) is 5.43. The van der Waals surface area contributed by atoms with Crippen LogP contribution in [0.4, 0.5) is 0 Å². The molecule has 2 bridgehead atoms. The Labute approximate surface area is 142 Å². The van der Waals surface area contributed by atoms with E-state index in [0.29, 0.717) is 18.1 Å². The van der Waals surface area contributed by atoms with Crippen molar-refractivity contribution in [1.82, 2.24) is 24.4 Å². The van der Waals surface area contributed by atoms with E-state index in [-0.39, 0.29) is 5.91 Å². The van der Waals surface area contributed by atoms with Gasteiger partial charge in [-0.2, -0.15) is 0 Å². The Hall–Kier alpha value is -1.95. The summed E-state index contributed by atoms with van der Waals surface area (Å²) in [5, 5.41) is 8.15. The van der Waals surface area contributed by atoms with Crippen molar-refractivity contribution in [2.45, 2.75) is 58.2 Å². The van der Waals surface area contributed by atoms with Crippen LogP contribution in [0, 0.1) is 6.92 Å². The minimum atomic E-state index is 0.126. The van der Waals surface area contributed by atoms with Crippen LogP contribution in [-0.2, 0) is 0 Å². The van der Waals surface area contributed by atoms with E-state index in [1.807, 2.05) is 34.6 Å². The Morgan fingerprint density at radius 1 is 1.17 bits per heavy atom. The normalized spacial score (nSPS) is 24.8. The van der Waals surface area contributed by atoms with Gasteiger partial charge in [0.1, 0.15) is 5.82 Å². The Bertz CT molecular complexity index is 768. The van der Waals surface area contributed by atoms with Gasteiger partial charge in [-0.25, -0.2) is 0 Å². The van der Waals surface area contributed by atoms with Crippen molar-refractivity contribution in [1.29, 1.82) is 0 Å². The first kappa shape index (κ1) is 15.6. The standard InChI is InChI=1S/C18H25N5O/c1-12(2)23-15-5-6-16(23)11-21(9-8-15)18(24)14-4-7-17-20-19-13(3)22(17)10-14/h4,7,10,12,15-16H,5-6,8-9,11H2,1-3H3/t15-,16+/m1/s1. The number of amides is 1. The summed E-state index contributed by atoms with van der Waals surface area (Å²) < 4.78 is 1.89. The van der Waals surface area contributed by atoms with E-state index in [1.54, 1.807) is 0 Å². The highest BCUT2D eigenvalue weighted by atomic mass is 16.2. The number of aryl methyl sites for hydroxylation is 1. The zero-order valence-electron chi connectivity index (χ0n) is 14.6. The molecule has 24 heavy (non-hydrogen) atoms. The van der Waals surface area contributed by atoms with Gasteiger partial charge in [0.2, 0.25) is 0 Å². The van der Waals surface area contributed by atoms with Crippen molar-refractivity contribution in [2.75, 3.05) is 13.1 Å². The van der Waals surface area contributed by atoms with Gasteiger partial charge in [0.25, 0.3) is 5.91 Å². The monoisotopic (exact) mass is 327 g/mol. The van der Waals surface area contributed by atoms with Gasteiger partial charge in [0.05, 0.1) is 5.56 Å². The number of pyridine rings is 1. The minimum Gasteiger partial charge on any atom is -0.337 e. The average molecular weight is 327 g/mol. The maximum Gasteiger partial charge on any atom is 0.255 e. The number of hydrogen-bond acceptors (Lipinski definition) is 4. The Morgan fingerprint density at radius 2 is 1.96 bits per heavy atom. The number of aromatic nitrogens is 3. The maximum atomic E-state index is 13.0. The Balaban J connectivity index is 1.58. The number of carbonyl (C=O) groups excluding carboxylic acids is 1. The number of carbonyl (C=O) groups is 1. The third-order valence-corrected chi connectivity index (χ3v) is 5.54. The molecular weight excluding hydrogens is 302 g/mol. The van der Waals surface area contributed by atoms with E-state index in [4.69, 9.17) is 0 Å². The van der Waals surface area contributed by atoms with Crippen LogP contribution in [0.25, 0.3) is 5.65 Å². The van der Waals surface area contributed by atoms with Crippen molar-refractivity contribution >= 4 is 11.6 Å². The summed E-state index contributed by atoms with van der Waals surface area (Å²) in [5.74, 6) is 0.932. The van der Waals surface area contributed by atoms with Crippen molar-refractivity contribution in [3.63, 3.8) is 0 Å². The fourth-order valence-electron chi connectivity index (χ4n) is 4.45. The topological polar surface area (TPSA) is 53.7 Å². The van der Waals surface area contributed by atoms with Crippen LogP contribution in [0.5, 0.6) is 0 Å². The largest absolute Gasteiger partial charge is 0.337 e. The highest BCUT2D eigenvalue weighted by Crippen LogP contribution is 2.32. The molecule has 128 valence electrons. The van der Waals surface area contributed by atoms with Crippen LogP contribution in [0.15, 0.2) is 18.3 Å². The second-order valence-electron chi connectivity index (χ2n) is 7.36. The maximum absolute atomic E-state index is 13.0. The molecule has 4 heterocycles. The van der Waals surface area contributed by atoms with Gasteiger partial charge in [-0.1, -0.05) is 0 Å². The average Bonchev–Trinajstić information content (AvgIpc) is 3.06. The number of hydrogen-bond donors (Lipinski definition) is 0. The Morgan fingerprint density at radius 3 is 2.75 bits per heavy atom. The number of likely N-dealkylation sites (tertiary alicyclic amines) is 1. The molecule has 2 aliphatic rings. The summed E-state index contributed by atoms with van der Waals surface area (Å²) in [6.45, 7) is 8.13. The summed E-state index contributed by atoms with van der Waals surface area (Å²) in [6, 6.07) is 5.43. The first-order valence-electron chi connectivity index (χ1n) is 8.92. The molecule has 2 aromatic rings. The van der Waals surface area contributed by atoms with Crippen LogP contribution < -0.4 is 0 Å². The van der Waals surface area contributed by atoms with Gasteiger partial charge in [0.15, 0.2) is 5.65 Å². The number of nitrogens with zero attached hydrogens (tertiary/aromatic N) is 5. The molecule has 0 spiro atoms. The van der Waals surface area contributed by atoms with E-state index in [0.717, 1.165) is 36.5 Å². The molecule has 4 rings (SSSR count). The lowest BCUT2D eigenvalue weighted by atomic mass is 10.1. The van der Waals surface area contributed by atoms with E-state index in [1.165, 1.54) is 12.8 Å². The third-order valence-electron chi connectivity index (χ3n) is 5.54. The van der Waals surface area contributed by atoms with Crippen molar-refractivity contribution in [3.8, 4) is 0 Å². The molecule has 0 radical (unpaired) electrons. The van der Waals surface area contributed by atoms with E-state index >= 15 is 0 Å².